The number of hydrogen-bond donors (Lipinski definition) is 2. The monoisotopic (exact) mass is 294 g/mol. The molecule has 2 N–H and O–H groups in total. The quantitative estimate of drug-likeness (QED) is 0.833. The molecular weight excluding hydrogens is 276 g/mol. The van der Waals surface area contributed by atoms with E-state index in [9.17, 15) is 13.2 Å². The SMILES string of the molecule is CNS(=O)(=O)c1ccc(NC(=O)C2CC=CCC2)cc1. The van der Waals surface area contributed by atoms with Crippen molar-refractivity contribution in [3.8, 4) is 0 Å². The van der Waals surface area contributed by atoms with Crippen molar-refractivity contribution >= 4 is 21.6 Å². The third kappa shape index (κ3) is 3.46. The second kappa shape index (κ2) is 6.19. The zero-order chi connectivity index (χ0) is 14.6. The van der Waals surface area contributed by atoms with Crippen molar-refractivity contribution in [2.45, 2.75) is 24.2 Å². The second-order valence-electron chi connectivity index (χ2n) is 4.70. The van der Waals surface area contributed by atoms with Crippen molar-refractivity contribution in [3.63, 3.8) is 0 Å². The highest BCUT2D eigenvalue weighted by Gasteiger charge is 2.19. The summed E-state index contributed by atoms with van der Waals surface area (Å²) in [5, 5.41) is 2.82. The van der Waals surface area contributed by atoms with Gasteiger partial charge in [-0.05, 0) is 50.6 Å². The lowest BCUT2D eigenvalue weighted by atomic mass is 9.93. The van der Waals surface area contributed by atoms with Gasteiger partial charge in [-0.3, -0.25) is 4.79 Å². The fourth-order valence-corrected chi connectivity index (χ4v) is 2.84. The molecule has 0 aliphatic heterocycles. The van der Waals surface area contributed by atoms with E-state index in [2.05, 4.69) is 16.1 Å². The Bertz CT molecular complexity index is 606. The van der Waals surface area contributed by atoms with Gasteiger partial charge in [0.15, 0.2) is 0 Å². The number of rotatable bonds is 4. The van der Waals surface area contributed by atoms with Gasteiger partial charge in [0.25, 0.3) is 0 Å². The van der Waals surface area contributed by atoms with Crippen molar-refractivity contribution < 1.29 is 13.2 Å². The molecule has 0 bridgehead atoms. The van der Waals surface area contributed by atoms with Gasteiger partial charge in [-0.2, -0.15) is 0 Å². The van der Waals surface area contributed by atoms with E-state index in [1.807, 2.05) is 6.08 Å². The van der Waals surface area contributed by atoms with Crippen LogP contribution in [0.15, 0.2) is 41.3 Å². The molecule has 1 unspecified atom stereocenters. The number of hydrogen-bond acceptors (Lipinski definition) is 3. The van der Waals surface area contributed by atoms with E-state index in [1.165, 1.54) is 19.2 Å². The minimum atomic E-state index is -3.44. The van der Waals surface area contributed by atoms with Crippen molar-refractivity contribution in [1.82, 2.24) is 4.72 Å². The minimum absolute atomic E-state index is 0.000664. The van der Waals surface area contributed by atoms with Gasteiger partial charge in [-0.1, -0.05) is 12.2 Å². The van der Waals surface area contributed by atoms with Crippen LogP contribution in [-0.2, 0) is 14.8 Å². The molecule has 6 heteroatoms. The van der Waals surface area contributed by atoms with Crippen molar-refractivity contribution in [2.24, 2.45) is 5.92 Å². The fourth-order valence-electron chi connectivity index (χ4n) is 2.11. The molecule has 0 heterocycles. The van der Waals surface area contributed by atoms with Crippen LogP contribution in [0.2, 0.25) is 0 Å². The number of anilines is 1. The summed E-state index contributed by atoms with van der Waals surface area (Å²) in [5.41, 5.74) is 0.611. The molecule has 0 spiro atoms. The van der Waals surface area contributed by atoms with E-state index in [1.54, 1.807) is 12.1 Å². The molecule has 108 valence electrons. The molecule has 1 aromatic rings. The van der Waals surface area contributed by atoms with Gasteiger partial charge >= 0.3 is 0 Å². The largest absolute Gasteiger partial charge is 0.326 e. The summed E-state index contributed by atoms with van der Waals surface area (Å²) in [5.74, 6) is -0.0145. The van der Waals surface area contributed by atoms with E-state index in [4.69, 9.17) is 0 Å². The average molecular weight is 294 g/mol. The van der Waals surface area contributed by atoms with E-state index in [-0.39, 0.29) is 16.7 Å². The molecule has 1 aliphatic rings. The zero-order valence-corrected chi connectivity index (χ0v) is 12.1. The van der Waals surface area contributed by atoms with Gasteiger partial charge in [-0.25, -0.2) is 13.1 Å². The third-order valence-corrected chi connectivity index (χ3v) is 4.77. The van der Waals surface area contributed by atoms with Gasteiger partial charge in [0.2, 0.25) is 15.9 Å². The predicted molar refractivity (Wildman–Crippen MR) is 77.8 cm³/mol. The third-order valence-electron chi connectivity index (χ3n) is 3.34. The molecule has 0 saturated heterocycles. The van der Waals surface area contributed by atoms with Crippen LogP contribution in [-0.4, -0.2) is 21.4 Å². The summed E-state index contributed by atoms with van der Waals surface area (Å²) in [6.45, 7) is 0. The van der Waals surface area contributed by atoms with Crippen LogP contribution in [0.1, 0.15) is 19.3 Å². The smallest absolute Gasteiger partial charge is 0.240 e. The van der Waals surface area contributed by atoms with Crippen LogP contribution in [0.4, 0.5) is 5.69 Å². The summed E-state index contributed by atoms with van der Waals surface area (Å²) < 4.78 is 25.4. The first kappa shape index (κ1) is 14.7. The predicted octanol–water partition coefficient (Wildman–Crippen LogP) is 1.89. The maximum atomic E-state index is 12.0. The first-order valence-electron chi connectivity index (χ1n) is 6.52. The second-order valence-corrected chi connectivity index (χ2v) is 6.59. The Hall–Kier alpha value is -1.66. The normalized spacial score (nSPS) is 18.8. The van der Waals surface area contributed by atoms with Crippen molar-refractivity contribution in [2.75, 3.05) is 12.4 Å². The maximum absolute atomic E-state index is 12.0. The summed E-state index contributed by atoms with van der Waals surface area (Å²) >= 11 is 0. The molecule has 0 saturated carbocycles. The standard InChI is InChI=1S/C14H18N2O3S/c1-15-20(18,19)13-9-7-12(8-10-13)16-14(17)11-5-3-2-4-6-11/h2-3,7-11,15H,4-6H2,1H3,(H,16,17). The Labute approximate surface area is 119 Å². The molecule has 0 aromatic heterocycles. The maximum Gasteiger partial charge on any atom is 0.240 e. The minimum Gasteiger partial charge on any atom is -0.326 e. The summed E-state index contributed by atoms with van der Waals surface area (Å²) in [6, 6.07) is 6.14. The van der Waals surface area contributed by atoms with Gasteiger partial charge < -0.3 is 5.32 Å². The molecule has 1 atom stereocenters. The highest BCUT2D eigenvalue weighted by Crippen LogP contribution is 2.21. The van der Waals surface area contributed by atoms with Crippen LogP contribution in [0.5, 0.6) is 0 Å². The summed E-state index contributed by atoms with van der Waals surface area (Å²) in [6.07, 6.45) is 6.65. The number of allylic oxidation sites excluding steroid dienone is 2. The Morgan fingerprint density at radius 1 is 1.20 bits per heavy atom. The summed E-state index contributed by atoms with van der Waals surface area (Å²) in [4.78, 5) is 12.2. The number of nitrogens with one attached hydrogen (secondary N) is 2. The van der Waals surface area contributed by atoms with Gasteiger partial charge in [-0.15, -0.1) is 0 Å². The Balaban J connectivity index is 2.04. The topological polar surface area (TPSA) is 75.3 Å². The van der Waals surface area contributed by atoms with Crippen molar-refractivity contribution in [1.29, 1.82) is 0 Å². The number of benzene rings is 1. The van der Waals surface area contributed by atoms with Crippen LogP contribution < -0.4 is 10.0 Å². The Kier molecular flexibility index (Phi) is 4.57. The van der Waals surface area contributed by atoms with Gasteiger partial charge in [0.1, 0.15) is 0 Å². The molecule has 1 aromatic carbocycles. The van der Waals surface area contributed by atoms with Crippen molar-refractivity contribution in [3.05, 3.63) is 36.4 Å². The number of carbonyl (C=O) groups is 1. The Morgan fingerprint density at radius 3 is 2.45 bits per heavy atom. The fraction of sp³-hybridized carbons (Fsp3) is 0.357. The lowest BCUT2D eigenvalue weighted by molar-refractivity contribution is -0.120. The van der Waals surface area contributed by atoms with Gasteiger partial charge in [0, 0.05) is 11.6 Å². The van der Waals surface area contributed by atoms with Crippen LogP contribution in [0.25, 0.3) is 0 Å². The summed E-state index contributed by atoms with van der Waals surface area (Å²) in [7, 11) is -2.07. The lowest BCUT2D eigenvalue weighted by Crippen LogP contribution is -2.23. The molecule has 1 aliphatic carbocycles. The highest BCUT2D eigenvalue weighted by atomic mass is 32.2. The van der Waals surface area contributed by atoms with Crippen LogP contribution in [0, 0.1) is 5.92 Å². The number of amides is 1. The number of carbonyl (C=O) groups excluding carboxylic acids is 1. The van der Waals surface area contributed by atoms with Gasteiger partial charge in [0.05, 0.1) is 4.90 Å². The highest BCUT2D eigenvalue weighted by molar-refractivity contribution is 7.89. The average Bonchev–Trinajstić information content (AvgIpc) is 2.48. The first-order valence-corrected chi connectivity index (χ1v) is 8.01. The zero-order valence-electron chi connectivity index (χ0n) is 11.3. The van der Waals surface area contributed by atoms with Crippen LogP contribution in [0.3, 0.4) is 0 Å². The first-order chi connectivity index (χ1) is 9.53. The molecule has 2 rings (SSSR count). The molecule has 0 fully saturated rings. The molecule has 0 radical (unpaired) electrons. The Morgan fingerprint density at radius 2 is 1.90 bits per heavy atom. The lowest BCUT2D eigenvalue weighted by Gasteiger charge is -2.17. The van der Waals surface area contributed by atoms with E-state index < -0.39 is 10.0 Å². The number of sulfonamides is 1. The molecule has 1 amide bonds. The molecular formula is C14H18N2O3S. The van der Waals surface area contributed by atoms with E-state index >= 15 is 0 Å². The van der Waals surface area contributed by atoms with Crippen LogP contribution >= 0.6 is 0 Å². The van der Waals surface area contributed by atoms with E-state index in [0.717, 1.165) is 19.3 Å². The molecule has 5 nitrogen and oxygen atoms in total. The van der Waals surface area contributed by atoms with E-state index in [0.29, 0.717) is 5.69 Å². The molecule has 20 heavy (non-hydrogen) atoms.